The summed E-state index contributed by atoms with van der Waals surface area (Å²) in [6.07, 6.45) is 8.89. The number of rotatable bonds is 7. The van der Waals surface area contributed by atoms with Gasteiger partial charge in [-0.15, -0.1) is 0 Å². The first-order valence-corrected chi connectivity index (χ1v) is 15.8. The average molecular weight is 545 g/mol. The van der Waals surface area contributed by atoms with E-state index in [4.69, 9.17) is 14.2 Å². The maximum Gasteiger partial charge on any atom is 0.305 e. The van der Waals surface area contributed by atoms with Gasteiger partial charge in [0.2, 0.25) is 0 Å². The summed E-state index contributed by atoms with van der Waals surface area (Å²) < 4.78 is 17.6. The minimum Gasteiger partial charge on any atom is -0.423 e. The number of carbonyl (C=O) groups excluding carboxylic acids is 3. The summed E-state index contributed by atoms with van der Waals surface area (Å²) in [6.45, 7) is 16.9. The van der Waals surface area contributed by atoms with Crippen LogP contribution in [0, 0.1) is 58.2 Å². The Hall–Kier alpha value is -1.43. The lowest BCUT2D eigenvalue weighted by Crippen LogP contribution is -2.60. The van der Waals surface area contributed by atoms with Gasteiger partial charge in [0.15, 0.2) is 0 Å². The standard InChI is InChI=1S/C33H52O6/c1-9-22(18(2)3)30-29(37-30)19(4)24-10-11-25-23-16-28(36)27-17-33(38-20(5)34,39-21(6)35)15-14-32(27,8)26(23)12-13-31(24,25)7/h18-19,22-27,29-30H,9-17H2,1-8H3/t19-,22-,23-,24+,25-,26-,27+,29?,30?,31+,32+/m0/s1. The number of Topliss-reactive ketones (excluding diaryl/α,β-unsaturated/α-hetero) is 1. The molecule has 1 heterocycles. The van der Waals surface area contributed by atoms with Gasteiger partial charge in [0.05, 0.1) is 12.2 Å². The van der Waals surface area contributed by atoms with Crippen molar-refractivity contribution in [3.63, 3.8) is 0 Å². The lowest BCUT2D eigenvalue weighted by atomic mass is 9.44. The largest absolute Gasteiger partial charge is 0.423 e. The van der Waals surface area contributed by atoms with Gasteiger partial charge in [-0.3, -0.25) is 14.4 Å². The van der Waals surface area contributed by atoms with Crippen LogP contribution >= 0.6 is 0 Å². The Balaban J connectivity index is 1.34. The second kappa shape index (κ2) is 10.1. The van der Waals surface area contributed by atoms with E-state index in [-0.39, 0.29) is 22.5 Å². The Bertz CT molecular complexity index is 973. The van der Waals surface area contributed by atoms with Crippen LogP contribution in [0.15, 0.2) is 0 Å². The van der Waals surface area contributed by atoms with Gasteiger partial charge in [0.25, 0.3) is 5.79 Å². The number of hydrogen-bond donors (Lipinski definition) is 0. The van der Waals surface area contributed by atoms with Gasteiger partial charge >= 0.3 is 11.9 Å². The Morgan fingerprint density at radius 3 is 2.15 bits per heavy atom. The van der Waals surface area contributed by atoms with Crippen LogP contribution in [0.3, 0.4) is 0 Å². The number of ether oxygens (including phenoxy) is 3. The second-order valence-corrected chi connectivity index (χ2v) is 14.9. The maximum absolute atomic E-state index is 13.9. The van der Waals surface area contributed by atoms with Gasteiger partial charge < -0.3 is 14.2 Å². The molecule has 5 fully saturated rings. The molecule has 6 nitrogen and oxygen atoms in total. The van der Waals surface area contributed by atoms with Crippen LogP contribution in [0.1, 0.15) is 113 Å². The van der Waals surface area contributed by atoms with Crippen LogP contribution in [0.4, 0.5) is 0 Å². The predicted octanol–water partition coefficient (Wildman–Crippen LogP) is 6.73. The number of epoxide rings is 1. The molecule has 0 bridgehead atoms. The van der Waals surface area contributed by atoms with E-state index in [1.165, 1.54) is 39.5 Å². The average Bonchev–Trinajstić information content (AvgIpc) is 3.53. The van der Waals surface area contributed by atoms with Crippen LogP contribution in [0.5, 0.6) is 0 Å². The lowest BCUT2D eigenvalue weighted by Gasteiger charge is -2.61. The summed E-state index contributed by atoms with van der Waals surface area (Å²) in [6, 6.07) is 0. The highest BCUT2D eigenvalue weighted by Gasteiger charge is 2.66. The third-order valence-corrected chi connectivity index (χ3v) is 12.7. The third-order valence-electron chi connectivity index (χ3n) is 12.7. The Labute approximate surface area is 235 Å². The minimum atomic E-state index is -1.31. The first kappa shape index (κ1) is 29.1. The molecule has 220 valence electrons. The zero-order valence-electron chi connectivity index (χ0n) is 25.6. The third kappa shape index (κ3) is 4.78. The van der Waals surface area contributed by atoms with Gasteiger partial charge in [-0.25, -0.2) is 0 Å². The molecule has 0 spiro atoms. The quantitative estimate of drug-likeness (QED) is 0.201. The lowest BCUT2D eigenvalue weighted by molar-refractivity contribution is -0.258. The van der Waals surface area contributed by atoms with Crippen molar-refractivity contribution in [2.45, 2.75) is 131 Å². The van der Waals surface area contributed by atoms with Crippen molar-refractivity contribution in [1.82, 2.24) is 0 Å². The number of carbonyl (C=O) groups is 3. The van der Waals surface area contributed by atoms with Crippen molar-refractivity contribution in [2.75, 3.05) is 0 Å². The predicted molar refractivity (Wildman–Crippen MR) is 148 cm³/mol. The van der Waals surface area contributed by atoms with Crippen LogP contribution in [-0.4, -0.2) is 35.7 Å². The zero-order valence-corrected chi connectivity index (χ0v) is 25.6. The molecular weight excluding hydrogens is 492 g/mol. The van der Waals surface area contributed by atoms with Crippen LogP contribution in [0.2, 0.25) is 0 Å². The molecule has 5 rings (SSSR count). The number of ketones is 1. The van der Waals surface area contributed by atoms with Crippen molar-refractivity contribution in [3.8, 4) is 0 Å². The van der Waals surface area contributed by atoms with Crippen molar-refractivity contribution in [2.24, 2.45) is 58.2 Å². The van der Waals surface area contributed by atoms with E-state index in [1.807, 2.05) is 0 Å². The van der Waals surface area contributed by atoms with Crippen LogP contribution in [0.25, 0.3) is 0 Å². The van der Waals surface area contributed by atoms with Gasteiger partial charge in [-0.05, 0) is 84.4 Å². The molecule has 0 N–H and O–H groups in total. The molecular formula is C33H52O6. The molecule has 4 aliphatic carbocycles. The first-order valence-electron chi connectivity index (χ1n) is 15.8. The normalized spacial score (nSPS) is 44.0. The van der Waals surface area contributed by atoms with E-state index in [2.05, 4.69) is 41.5 Å². The number of fused-ring (bicyclic) bond motifs is 5. The Morgan fingerprint density at radius 2 is 1.56 bits per heavy atom. The molecule has 6 heteroatoms. The van der Waals surface area contributed by atoms with Crippen LogP contribution < -0.4 is 0 Å². The van der Waals surface area contributed by atoms with Crippen molar-refractivity contribution >= 4 is 17.7 Å². The topological polar surface area (TPSA) is 82.2 Å². The molecule has 0 aromatic carbocycles. The summed E-state index contributed by atoms with van der Waals surface area (Å²) in [5.41, 5.74) is 0.110. The van der Waals surface area contributed by atoms with E-state index in [0.717, 1.165) is 12.8 Å². The van der Waals surface area contributed by atoms with Crippen molar-refractivity contribution in [3.05, 3.63) is 0 Å². The minimum absolute atomic E-state index is 0.148. The fourth-order valence-corrected chi connectivity index (χ4v) is 10.8. The van der Waals surface area contributed by atoms with E-state index in [0.29, 0.717) is 72.9 Å². The second-order valence-electron chi connectivity index (χ2n) is 14.9. The van der Waals surface area contributed by atoms with Crippen molar-refractivity contribution < 1.29 is 28.6 Å². The number of hydrogen-bond acceptors (Lipinski definition) is 6. The molecule has 5 aliphatic rings. The van der Waals surface area contributed by atoms with E-state index in [9.17, 15) is 14.4 Å². The van der Waals surface area contributed by atoms with Gasteiger partial charge in [0, 0.05) is 39.0 Å². The molecule has 4 saturated carbocycles. The highest BCUT2D eigenvalue weighted by atomic mass is 16.7. The van der Waals surface area contributed by atoms with Crippen LogP contribution in [-0.2, 0) is 28.6 Å². The van der Waals surface area contributed by atoms with Crippen molar-refractivity contribution in [1.29, 1.82) is 0 Å². The molecule has 0 aromatic rings. The molecule has 2 unspecified atom stereocenters. The molecule has 0 radical (unpaired) electrons. The Morgan fingerprint density at radius 1 is 0.923 bits per heavy atom. The maximum atomic E-state index is 13.9. The summed E-state index contributed by atoms with van der Waals surface area (Å²) in [5.74, 6) is 1.75. The smallest absolute Gasteiger partial charge is 0.305 e. The van der Waals surface area contributed by atoms with E-state index >= 15 is 0 Å². The first-order chi connectivity index (χ1) is 18.3. The Kier molecular flexibility index (Phi) is 7.56. The zero-order chi connectivity index (χ0) is 28.5. The number of esters is 2. The molecule has 1 aliphatic heterocycles. The molecule has 39 heavy (non-hydrogen) atoms. The monoisotopic (exact) mass is 544 g/mol. The van der Waals surface area contributed by atoms with Gasteiger partial charge in [-0.2, -0.15) is 0 Å². The fourth-order valence-electron chi connectivity index (χ4n) is 10.8. The van der Waals surface area contributed by atoms with Gasteiger partial charge in [-0.1, -0.05) is 48.0 Å². The van der Waals surface area contributed by atoms with E-state index in [1.54, 1.807) is 0 Å². The highest BCUT2D eigenvalue weighted by Crippen LogP contribution is 2.69. The summed E-state index contributed by atoms with van der Waals surface area (Å²) in [7, 11) is 0. The fraction of sp³-hybridized carbons (Fsp3) is 0.909. The summed E-state index contributed by atoms with van der Waals surface area (Å²) >= 11 is 0. The summed E-state index contributed by atoms with van der Waals surface area (Å²) in [5, 5.41) is 0. The van der Waals surface area contributed by atoms with Gasteiger partial charge in [0.1, 0.15) is 5.78 Å². The SMILES string of the molecule is CC[C@@H](C(C)C)C1OC1[C@@H](C)[C@H]1CC[C@H]2[C@@H]3CC(=O)[C@H]4CC(OC(C)=O)(OC(C)=O)CC[C@]4(C)[C@H]3CC[C@]12C. The molecule has 11 atom stereocenters. The summed E-state index contributed by atoms with van der Waals surface area (Å²) in [4.78, 5) is 37.8. The highest BCUT2D eigenvalue weighted by molar-refractivity contribution is 5.83. The molecule has 0 amide bonds. The molecule has 0 aromatic heterocycles. The van der Waals surface area contributed by atoms with E-state index < -0.39 is 17.7 Å². The molecule has 1 saturated heterocycles.